The molecule has 24 heavy (non-hydrogen) atoms. The van der Waals surface area contributed by atoms with Crippen molar-refractivity contribution < 1.29 is 9.59 Å². The van der Waals surface area contributed by atoms with Gasteiger partial charge < -0.3 is 0 Å². The van der Waals surface area contributed by atoms with Crippen LogP contribution in [-0.4, -0.2) is 23.4 Å². The van der Waals surface area contributed by atoms with Crippen molar-refractivity contribution in [2.45, 2.75) is 50.1 Å². The number of hydrogen-bond acceptors (Lipinski definition) is 3. The van der Waals surface area contributed by atoms with Crippen LogP contribution < -0.4 is 10.6 Å². The summed E-state index contributed by atoms with van der Waals surface area (Å²) in [5.41, 5.74) is 0.638. The smallest absolute Gasteiger partial charge is 0.247 e. The quantitative estimate of drug-likeness (QED) is 0.819. The predicted molar refractivity (Wildman–Crippen MR) is 90.0 cm³/mol. The minimum absolute atomic E-state index is 0.0504. The van der Waals surface area contributed by atoms with Crippen LogP contribution in [0.3, 0.4) is 0 Å². The molecule has 6 rings (SSSR count). The zero-order valence-corrected chi connectivity index (χ0v) is 13.8. The number of nitrogens with one attached hydrogen (secondary N) is 2. The van der Waals surface area contributed by atoms with Crippen LogP contribution in [0.25, 0.3) is 0 Å². The number of piperazine rings is 1. The Labute approximate surface area is 142 Å². The Kier molecular flexibility index (Phi) is 3.15. The second-order valence-electron chi connectivity index (χ2n) is 8.38. The fourth-order valence-electron chi connectivity index (χ4n) is 6.25. The van der Waals surface area contributed by atoms with Gasteiger partial charge in [-0.05, 0) is 67.8 Å². The first-order valence-corrected chi connectivity index (χ1v) is 9.32. The molecule has 126 valence electrons. The molecule has 1 spiro atoms. The topological polar surface area (TPSA) is 58.2 Å². The largest absolute Gasteiger partial charge is 0.293 e. The first-order valence-electron chi connectivity index (χ1n) is 9.32. The number of rotatable bonds is 2. The molecule has 1 aliphatic heterocycles. The van der Waals surface area contributed by atoms with E-state index in [9.17, 15) is 9.59 Å². The second-order valence-corrected chi connectivity index (χ2v) is 8.38. The van der Waals surface area contributed by atoms with Crippen LogP contribution in [-0.2, 0) is 16.0 Å². The number of imide groups is 1. The summed E-state index contributed by atoms with van der Waals surface area (Å²) in [6.07, 6.45) is 6.61. The van der Waals surface area contributed by atoms with Crippen LogP contribution in [0.4, 0.5) is 0 Å². The Morgan fingerprint density at radius 2 is 1.54 bits per heavy atom. The standard InChI is InChI=1S/C20H24N2O2/c23-18-17(11-12-4-2-1-3-5-12)22-20(19(24)21-18)15-7-13-6-14(9-15)10-16(20)8-13/h1-5,13-17,22H,6-11H2,(H,21,23,24)/t13?,14?,15?,16?,17-,20?/m1/s1. The highest BCUT2D eigenvalue weighted by molar-refractivity contribution is 6.05. The molecule has 4 nitrogen and oxygen atoms in total. The number of amides is 2. The normalized spacial score (nSPS) is 43.2. The van der Waals surface area contributed by atoms with Gasteiger partial charge in [0.1, 0.15) is 5.54 Å². The van der Waals surface area contributed by atoms with Gasteiger partial charge in [-0.1, -0.05) is 30.3 Å². The molecular formula is C20H24N2O2. The van der Waals surface area contributed by atoms with Crippen molar-refractivity contribution in [1.82, 2.24) is 10.6 Å². The zero-order valence-electron chi connectivity index (χ0n) is 13.8. The fourth-order valence-corrected chi connectivity index (χ4v) is 6.25. The van der Waals surface area contributed by atoms with Crippen LogP contribution >= 0.6 is 0 Å². The van der Waals surface area contributed by atoms with Gasteiger partial charge in [0.15, 0.2) is 0 Å². The molecule has 1 aromatic carbocycles. The van der Waals surface area contributed by atoms with Gasteiger partial charge >= 0.3 is 0 Å². The second kappa shape index (κ2) is 5.16. The van der Waals surface area contributed by atoms with Crippen molar-refractivity contribution in [3.05, 3.63) is 35.9 Å². The summed E-state index contributed by atoms with van der Waals surface area (Å²) in [6, 6.07) is 9.78. The third-order valence-corrected chi connectivity index (χ3v) is 7.05. The molecule has 5 aliphatic rings. The molecule has 1 atom stereocenters. The molecule has 2 N–H and O–H groups in total. The van der Waals surface area contributed by atoms with Gasteiger partial charge in [0.25, 0.3) is 0 Å². The summed E-state index contributed by atoms with van der Waals surface area (Å²) in [7, 11) is 0. The van der Waals surface area contributed by atoms with E-state index in [1.165, 1.54) is 6.42 Å². The molecule has 4 aliphatic carbocycles. The monoisotopic (exact) mass is 324 g/mol. The molecule has 0 radical (unpaired) electrons. The van der Waals surface area contributed by atoms with E-state index in [1.807, 2.05) is 18.2 Å². The maximum Gasteiger partial charge on any atom is 0.247 e. The summed E-state index contributed by atoms with van der Waals surface area (Å²) in [4.78, 5) is 25.4. The average molecular weight is 324 g/mol. The molecule has 0 unspecified atom stereocenters. The third kappa shape index (κ3) is 2.02. The highest BCUT2D eigenvalue weighted by Crippen LogP contribution is 2.58. The Hall–Kier alpha value is -1.68. The van der Waals surface area contributed by atoms with Gasteiger partial charge in [0.2, 0.25) is 11.8 Å². The van der Waals surface area contributed by atoms with Crippen molar-refractivity contribution >= 4 is 11.8 Å². The lowest BCUT2D eigenvalue weighted by molar-refractivity contribution is -0.158. The van der Waals surface area contributed by atoms with Crippen LogP contribution in [0.2, 0.25) is 0 Å². The Morgan fingerprint density at radius 1 is 0.917 bits per heavy atom. The first-order chi connectivity index (χ1) is 11.6. The molecule has 5 fully saturated rings. The first kappa shape index (κ1) is 14.6. The SMILES string of the molecule is O=C1NC(=O)C2(N[C@@H]1Cc1ccccc1)C1CC3CC(C1)CC2C3. The molecule has 4 saturated carbocycles. The number of benzene rings is 1. The summed E-state index contributed by atoms with van der Waals surface area (Å²) in [5, 5.41) is 6.33. The van der Waals surface area contributed by atoms with Crippen molar-refractivity contribution in [2.75, 3.05) is 0 Å². The maximum atomic E-state index is 12.9. The fraction of sp³-hybridized carbons (Fsp3) is 0.600. The van der Waals surface area contributed by atoms with Gasteiger partial charge in [-0.15, -0.1) is 0 Å². The minimum Gasteiger partial charge on any atom is -0.293 e. The van der Waals surface area contributed by atoms with Crippen molar-refractivity contribution in [1.29, 1.82) is 0 Å². The highest BCUT2D eigenvalue weighted by atomic mass is 16.2. The van der Waals surface area contributed by atoms with E-state index >= 15 is 0 Å². The Morgan fingerprint density at radius 3 is 2.17 bits per heavy atom. The maximum absolute atomic E-state index is 12.9. The van der Waals surface area contributed by atoms with E-state index in [4.69, 9.17) is 0 Å². The number of carbonyl (C=O) groups excluding carboxylic acids is 2. The molecule has 4 heteroatoms. The van der Waals surface area contributed by atoms with Crippen molar-refractivity contribution in [2.24, 2.45) is 23.7 Å². The highest BCUT2D eigenvalue weighted by Gasteiger charge is 2.63. The van der Waals surface area contributed by atoms with Gasteiger partial charge in [-0.2, -0.15) is 0 Å². The van der Waals surface area contributed by atoms with Gasteiger partial charge in [0.05, 0.1) is 6.04 Å². The van der Waals surface area contributed by atoms with E-state index in [2.05, 4.69) is 22.8 Å². The van der Waals surface area contributed by atoms with Crippen LogP contribution in [0.1, 0.15) is 37.7 Å². The van der Waals surface area contributed by atoms with Crippen LogP contribution in [0, 0.1) is 23.7 Å². The van der Waals surface area contributed by atoms with E-state index in [-0.39, 0.29) is 17.9 Å². The van der Waals surface area contributed by atoms with Gasteiger partial charge in [0, 0.05) is 0 Å². The van der Waals surface area contributed by atoms with E-state index in [0.717, 1.165) is 43.1 Å². The van der Waals surface area contributed by atoms with Crippen LogP contribution in [0.5, 0.6) is 0 Å². The molecule has 4 bridgehead atoms. The number of carbonyl (C=O) groups is 2. The number of hydrogen-bond donors (Lipinski definition) is 2. The van der Waals surface area contributed by atoms with Crippen LogP contribution in [0.15, 0.2) is 30.3 Å². The van der Waals surface area contributed by atoms with Crippen molar-refractivity contribution in [3.8, 4) is 0 Å². The Balaban J connectivity index is 1.46. The third-order valence-electron chi connectivity index (χ3n) is 7.05. The molecular weight excluding hydrogens is 300 g/mol. The predicted octanol–water partition coefficient (Wildman–Crippen LogP) is 2.04. The van der Waals surface area contributed by atoms with E-state index in [1.54, 1.807) is 0 Å². The zero-order chi connectivity index (χ0) is 16.3. The van der Waals surface area contributed by atoms with Gasteiger partial charge in [-0.25, -0.2) is 0 Å². The summed E-state index contributed by atoms with van der Waals surface area (Å²) in [6.45, 7) is 0. The summed E-state index contributed by atoms with van der Waals surface area (Å²) < 4.78 is 0. The molecule has 1 heterocycles. The minimum atomic E-state index is -0.499. The summed E-state index contributed by atoms with van der Waals surface area (Å²) in [5.74, 6) is 2.20. The Bertz CT molecular complexity index is 656. The molecule has 2 amide bonds. The average Bonchev–Trinajstić information content (AvgIpc) is 2.56. The van der Waals surface area contributed by atoms with Crippen molar-refractivity contribution in [3.63, 3.8) is 0 Å². The molecule has 1 saturated heterocycles. The molecule has 0 aromatic heterocycles. The van der Waals surface area contributed by atoms with E-state index in [0.29, 0.717) is 18.3 Å². The molecule has 1 aromatic rings. The lowest BCUT2D eigenvalue weighted by atomic mass is 9.48. The lowest BCUT2D eigenvalue weighted by Crippen LogP contribution is -2.78. The lowest BCUT2D eigenvalue weighted by Gasteiger charge is -2.62. The van der Waals surface area contributed by atoms with Gasteiger partial charge in [-0.3, -0.25) is 20.2 Å². The summed E-state index contributed by atoms with van der Waals surface area (Å²) >= 11 is 0. The van der Waals surface area contributed by atoms with E-state index < -0.39 is 5.54 Å².